The van der Waals surface area contributed by atoms with Crippen molar-refractivity contribution in [3.8, 4) is 0 Å². The summed E-state index contributed by atoms with van der Waals surface area (Å²) in [6.45, 7) is 0.572. The van der Waals surface area contributed by atoms with E-state index in [0.29, 0.717) is 19.4 Å². The number of rotatable bonds is 4. The van der Waals surface area contributed by atoms with Crippen molar-refractivity contribution in [2.75, 3.05) is 13.1 Å². The lowest BCUT2D eigenvalue weighted by Crippen LogP contribution is -2.61. The van der Waals surface area contributed by atoms with Crippen LogP contribution in [0.2, 0.25) is 0 Å². The molecule has 0 radical (unpaired) electrons. The minimum absolute atomic E-state index is 0.142. The zero-order valence-electron chi connectivity index (χ0n) is 15.0. The molecule has 1 aromatic carbocycles. The van der Waals surface area contributed by atoms with Crippen molar-refractivity contribution in [3.05, 3.63) is 35.9 Å². The Kier molecular flexibility index (Phi) is 5.48. The van der Waals surface area contributed by atoms with E-state index in [-0.39, 0.29) is 18.9 Å². The molecule has 8 heteroatoms. The molecule has 4 atom stereocenters. The standard InChI is InChI=1S/C19H25N3O5/c20-13(9-15(24)25)17(26)22-8-4-7-19(11-22)10-14(23)16(21-18(19)27)12-5-2-1-3-6-12/h1-3,5-6,13-14,16,23H,4,7-11,20H2,(H,21,27)(H,24,25)/t13-,14+,16-,19+/m0/s1. The summed E-state index contributed by atoms with van der Waals surface area (Å²) in [6.07, 6.45) is 0.188. The van der Waals surface area contributed by atoms with Crippen molar-refractivity contribution in [3.63, 3.8) is 0 Å². The van der Waals surface area contributed by atoms with E-state index >= 15 is 0 Å². The van der Waals surface area contributed by atoms with Crippen LogP contribution in [0.5, 0.6) is 0 Å². The Balaban J connectivity index is 1.73. The predicted molar refractivity (Wildman–Crippen MR) is 96.4 cm³/mol. The number of hydrogen-bond acceptors (Lipinski definition) is 5. The number of carboxylic acid groups (broad SMARTS) is 1. The molecule has 8 nitrogen and oxygen atoms in total. The molecule has 3 rings (SSSR count). The number of carbonyl (C=O) groups is 3. The molecule has 0 unspecified atom stereocenters. The fourth-order valence-electron chi connectivity index (χ4n) is 4.15. The number of aliphatic hydroxyl groups excluding tert-OH is 1. The smallest absolute Gasteiger partial charge is 0.305 e. The van der Waals surface area contributed by atoms with E-state index in [1.807, 2.05) is 30.3 Å². The molecule has 0 aromatic heterocycles. The summed E-state index contributed by atoms with van der Waals surface area (Å²) in [5.41, 5.74) is 5.67. The van der Waals surface area contributed by atoms with Gasteiger partial charge in [0.15, 0.2) is 0 Å². The number of nitrogens with two attached hydrogens (primary N) is 1. The average Bonchev–Trinajstić information content (AvgIpc) is 2.64. The molecular formula is C19H25N3O5. The van der Waals surface area contributed by atoms with Gasteiger partial charge in [0, 0.05) is 13.1 Å². The summed E-state index contributed by atoms with van der Waals surface area (Å²) in [6, 6.07) is 7.66. The molecule has 5 N–H and O–H groups in total. The van der Waals surface area contributed by atoms with Gasteiger partial charge in [-0.2, -0.15) is 0 Å². The van der Waals surface area contributed by atoms with Crippen molar-refractivity contribution in [1.29, 1.82) is 0 Å². The van der Waals surface area contributed by atoms with Gasteiger partial charge in [0.05, 0.1) is 30.0 Å². The highest BCUT2D eigenvalue weighted by Gasteiger charge is 2.50. The zero-order valence-corrected chi connectivity index (χ0v) is 15.0. The van der Waals surface area contributed by atoms with Gasteiger partial charge in [0.1, 0.15) is 0 Å². The first-order valence-electron chi connectivity index (χ1n) is 9.12. The Labute approximate surface area is 157 Å². The maximum absolute atomic E-state index is 12.9. The third-order valence-corrected chi connectivity index (χ3v) is 5.51. The van der Waals surface area contributed by atoms with Gasteiger partial charge in [-0.25, -0.2) is 0 Å². The van der Waals surface area contributed by atoms with Crippen molar-refractivity contribution < 1.29 is 24.6 Å². The van der Waals surface area contributed by atoms with Gasteiger partial charge in [-0.1, -0.05) is 30.3 Å². The molecule has 0 aliphatic carbocycles. The van der Waals surface area contributed by atoms with Gasteiger partial charge in [0.25, 0.3) is 0 Å². The number of piperidine rings is 2. The maximum Gasteiger partial charge on any atom is 0.305 e. The minimum Gasteiger partial charge on any atom is -0.481 e. The van der Waals surface area contributed by atoms with Crippen molar-refractivity contribution in [2.45, 2.75) is 43.9 Å². The first-order chi connectivity index (χ1) is 12.8. The second kappa shape index (κ2) is 7.66. The number of nitrogens with one attached hydrogen (secondary N) is 1. The highest BCUT2D eigenvalue weighted by molar-refractivity contribution is 5.88. The Bertz CT molecular complexity index is 725. The summed E-state index contributed by atoms with van der Waals surface area (Å²) in [5.74, 6) is -1.80. The number of hydrogen-bond donors (Lipinski definition) is 4. The topological polar surface area (TPSA) is 133 Å². The Morgan fingerprint density at radius 2 is 2.04 bits per heavy atom. The molecule has 2 fully saturated rings. The minimum atomic E-state index is -1.14. The van der Waals surface area contributed by atoms with Crippen LogP contribution < -0.4 is 11.1 Å². The Morgan fingerprint density at radius 3 is 2.70 bits per heavy atom. The van der Waals surface area contributed by atoms with E-state index in [1.165, 1.54) is 4.90 Å². The highest BCUT2D eigenvalue weighted by atomic mass is 16.4. The quantitative estimate of drug-likeness (QED) is 0.586. The fourth-order valence-corrected chi connectivity index (χ4v) is 4.15. The maximum atomic E-state index is 12.9. The van der Waals surface area contributed by atoms with Crippen LogP contribution in [0, 0.1) is 5.41 Å². The van der Waals surface area contributed by atoms with E-state index in [0.717, 1.165) is 5.56 Å². The van der Waals surface area contributed by atoms with Gasteiger partial charge in [0.2, 0.25) is 11.8 Å². The number of carbonyl (C=O) groups excluding carboxylic acids is 2. The monoisotopic (exact) mass is 375 g/mol. The molecule has 2 heterocycles. The van der Waals surface area contributed by atoms with Crippen molar-refractivity contribution in [1.82, 2.24) is 10.2 Å². The summed E-state index contributed by atoms with van der Waals surface area (Å²) in [5, 5.41) is 22.4. The van der Waals surface area contributed by atoms with Gasteiger partial charge in [-0.3, -0.25) is 14.4 Å². The van der Waals surface area contributed by atoms with Crippen LogP contribution in [0.4, 0.5) is 0 Å². The number of likely N-dealkylation sites (tertiary alicyclic amines) is 1. The predicted octanol–water partition coefficient (Wildman–Crippen LogP) is 0.0193. The largest absolute Gasteiger partial charge is 0.481 e. The SMILES string of the molecule is N[C@@H](CC(=O)O)C(=O)N1CCC[C@@]2(C[C@@H](O)[C@H](c3ccccc3)NC2=O)C1. The first-order valence-corrected chi connectivity index (χ1v) is 9.12. The van der Waals surface area contributed by atoms with Gasteiger partial charge in [-0.15, -0.1) is 0 Å². The average molecular weight is 375 g/mol. The van der Waals surface area contributed by atoms with Gasteiger partial charge < -0.3 is 26.2 Å². The van der Waals surface area contributed by atoms with Gasteiger partial charge in [-0.05, 0) is 24.8 Å². The van der Waals surface area contributed by atoms with Crippen LogP contribution in [0.3, 0.4) is 0 Å². The molecule has 1 aromatic rings. The second-order valence-electron chi connectivity index (χ2n) is 7.48. The third-order valence-electron chi connectivity index (χ3n) is 5.51. The lowest BCUT2D eigenvalue weighted by atomic mass is 9.70. The van der Waals surface area contributed by atoms with Gasteiger partial charge >= 0.3 is 5.97 Å². The second-order valence-corrected chi connectivity index (χ2v) is 7.48. The van der Waals surface area contributed by atoms with E-state index in [4.69, 9.17) is 10.8 Å². The summed E-state index contributed by atoms with van der Waals surface area (Å²) in [4.78, 5) is 37.7. The summed E-state index contributed by atoms with van der Waals surface area (Å²) in [7, 11) is 0. The lowest BCUT2D eigenvalue weighted by molar-refractivity contribution is -0.151. The van der Waals surface area contributed by atoms with Crippen molar-refractivity contribution in [2.24, 2.45) is 11.1 Å². The summed E-state index contributed by atoms with van der Waals surface area (Å²) >= 11 is 0. The van der Waals surface area contributed by atoms with Crippen LogP contribution >= 0.6 is 0 Å². The van der Waals surface area contributed by atoms with Crippen molar-refractivity contribution >= 4 is 17.8 Å². The Hall–Kier alpha value is -2.45. The molecule has 2 amide bonds. The molecule has 146 valence electrons. The lowest BCUT2D eigenvalue weighted by Gasteiger charge is -2.47. The first kappa shape index (κ1) is 19.3. The van der Waals surface area contributed by atoms with E-state index in [1.54, 1.807) is 0 Å². The number of amides is 2. The number of aliphatic carboxylic acids is 1. The number of nitrogens with zero attached hydrogens (tertiary/aromatic N) is 1. The molecule has 0 bridgehead atoms. The molecule has 27 heavy (non-hydrogen) atoms. The zero-order chi connectivity index (χ0) is 19.6. The molecule has 1 spiro atoms. The van der Waals surface area contributed by atoms with E-state index in [2.05, 4.69) is 5.32 Å². The molecule has 2 aliphatic rings. The highest BCUT2D eigenvalue weighted by Crippen LogP contribution is 2.41. The number of benzene rings is 1. The van der Waals surface area contributed by atoms with E-state index < -0.39 is 41.9 Å². The van der Waals surface area contributed by atoms with E-state index in [9.17, 15) is 19.5 Å². The van der Waals surface area contributed by atoms with Crippen LogP contribution in [0.15, 0.2) is 30.3 Å². The number of carboxylic acids is 1. The number of aliphatic hydroxyl groups is 1. The van der Waals surface area contributed by atoms with Crippen LogP contribution in [-0.4, -0.2) is 58.1 Å². The van der Waals surface area contributed by atoms with Crippen LogP contribution in [0.25, 0.3) is 0 Å². The normalized spacial score (nSPS) is 29.3. The summed E-state index contributed by atoms with van der Waals surface area (Å²) < 4.78 is 0. The molecule has 2 aliphatic heterocycles. The molecular weight excluding hydrogens is 350 g/mol. The third kappa shape index (κ3) is 3.96. The van der Waals surface area contributed by atoms with Crippen LogP contribution in [-0.2, 0) is 14.4 Å². The molecule has 2 saturated heterocycles. The molecule has 0 saturated carbocycles. The fraction of sp³-hybridized carbons (Fsp3) is 0.526. The van der Waals surface area contributed by atoms with Crippen LogP contribution in [0.1, 0.15) is 37.3 Å². The Morgan fingerprint density at radius 1 is 1.33 bits per heavy atom.